The summed E-state index contributed by atoms with van der Waals surface area (Å²) in [6.45, 7) is 4.00. The molecule has 1 fully saturated rings. The SMILES string of the molecule is CCc1ccccc1NC(=O)c1cccc(N2C(=O)[C@H]3[C@H](C)C=CC[C@H]3C2=O)c1. The van der Waals surface area contributed by atoms with Gasteiger partial charge in [-0.2, -0.15) is 0 Å². The van der Waals surface area contributed by atoms with Gasteiger partial charge in [-0.25, -0.2) is 0 Å². The van der Waals surface area contributed by atoms with Crippen LogP contribution >= 0.6 is 0 Å². The number of nitrogens with one attached hydrogen (secondary N) is 1. The van der Waals surface area contributed by atoms with Crippen molar-refractivity contribution in [2.24, 2.45) is 17.8 Å². The molecule has 5 nitrogen and oxygen atoms in total. The molecular formula is C24H24N2O3. The highest BCUT2D eigenvalue weighted by molar-refractivity contribution is 6.22. The normalized spacial score (nSPS) is 23.2. The van der Waals surface area contributed by atoms with Gasteiger partial charge in [0.25, 0.3) is 5.91 Å². The molecule has 4 rings (SSSR count). The molecule has 2 aromatic carbocycles. The van der Waals surface area contributed by atoms with E-state index in [1.165, 1.54) is 4.90 Å². The van der Waals surface area contributed by atoms with E-state index in [1.54, 1.807) is 24.3 Å². The summed E-state index contributed by atoms with van der Waals surface area (Å²) in [6, 6.07) is 14.4. The number of para-hydroxylation sites is 1. The number of hydrogen-bond donors (Lipinski definition) is 1. The van der Waals surface area contributed by atoms with Gasteiger partial charge in [0, 0.05) is 11.3 Å². The molecule has 0 unspecified atom stereocenters. The summed E-state index contributed by atoms with van der Waals surface area (Å²) in [5, 5.41) is 2.94. The van der Waals surface area contributed by atoms with Crippen LogP contribution in [-0.2, 0) is 16.0 Å². The lowest BCUT2D eigenvalue weighted by atomic mass is 9.78. The van der Waals surface area contributed by atoms with Crippen molar-refractivity contribution in [3.8, 4) is 0 Å². The maximum Gasteiger partial charge on any atom is 0.255 e. The average Bonchev–Trinajstić information content (AvgIpc) is 2.99. The Bertz CT molecular complexity index is 1010. The quantitative estimate of drug-likeness (QED) is 0.630. The summed E-state index contributed by atoms with van der Waals surface area (Å²) >= 11 is 0. The molecule has 1 aliphatic carbocycles. The first-order valence-corrected chi connectivity index (χ1v) is 10.0. The molecule has 1 saturated heterocycles. The lowest BCUT2D eigenvalue weighted by Crippen LogP contribution is -2.31. The second kappa shape index (κ2) is 7.66. The molecule has 29 heavy (non-hydrogen) atoms. The molecular weight excluding hydrogens is 364 g/mol. The molecule has 2 aromatic rings. The number of anilines is 2. The Kier molecular flexibility index (Phi) is 5.05. The van der Waals surface area contributed by atoms with E-state index >= 15 is 0 Å². The highest BCUT2D eigenvalue weighted by Crippen LogP contribution is 2.40. The zero-order valence-corrected chi connectivity index (χ0v) is 16.6. The third-order valence-electron chi connectivity index (χ3n) is 5.89. The Morgan fingerprint density at radius 1 is 1.10 bits per heavy atom. The van der Waals surface area contributed by atoms with E-state index in [-0.39, 0.29) is 35.5 Å². The predicted octanol–water partition coefficient (Wildman–Crippen LogP) is 4.20. The topological polar surface area (TPSA) is 66.5 Å². The molecule has 1 aliphatic heterocycles. The van der Waals surface area contributed by atoms with Crippen LogP contribution < -0.4 is 10.2 Å². The molecule has 1 heterocycles. The van der Waals surface area contributed by atoms with Crippen LogP contribution in [0.4, 0.5) is 11.4 Å². The molecule has 0 radical (unpaired) electrons. The second-order valence-electron chi connectivity index (χ2n) is 7.68. The largest absolute Gasteiger partial charge is 0.322 e. The van der Waals surface area contributed by atoms with Crippen molar-refractivity contribution in [3.05, 3.63) is 71.8 Å². The van der Waals surface area contributed by atoms with Gasteiger partial charge in [-0.3, -0.25) is 19.3 Å². The van der Waals surface area contributed by atoms with Gasteiger partial charge in [-0.05, 0) is 48.6 Å². The van der Waals surface area contributed by atoms with Gasteiger partial charge in [0.2, 0.25) is 11.8 Å². The summed E-state index contributed by atoms with van der Waals surface area (Å²) < 4.78 is 0. The second-order valence-corrected chi connectivity index (χ2v) is 7.68. The molecule has 0 aromatic heterocycles. The number of carbonyl (C=O) groups excluding carboxylic acids is 3. The molecule has 3 atom stereocenters. The highest BCUT2D eigenvalue weighted by Gasteiger charge is 2.50. The molecule has 3 amide bonds. The molecule has 0 bridgehead atoms. The van der Waals surface area contributed by atoms with Crippen LogP contribution in [0.1, 0.15) is 36.2 Å². The number of imide groups is 1. The summed E-state index contributed by atoms with van der Waals surface area (Å²) in [4.78, 5) is 40.0. The van der Waals surface area contributed by atoms with E-state index in [1.807, 2.05) is 50.3 Å². The van der Waals surface area contributed by atoms with Crippen LogP contribution in [0.5, 0.6) is 0 Å². The van der Waals surface area contributed by atoms with Crippen LogP contribution in [0.25, 0.3) is 0 Å². The Labute approximate surface area is 170 Å². The molecule has 0 spiro atoms. The van der Waals surface area contributed by atoms with E-state index in [4.69, 9.17) is 0 Å². The fourth-order valence-electron chi connectivity index (χ4n) is 4.33. The third-order valence-corrected chi connectivity index (χ3v) is 5.89. The minimum Gasteiger partial charge on any atom is -0.322 e. The van der Waals surface area contributed by atoms with Crippen LogP contribution in [-0.4, -0.2) is 17.7 Å². The van der Waals surface area contributed by atoms with E-state index in [9.17, 15) is 14.4 Å². The molecule has 5 heteroatoms. The summed E-state index contributed by atoms with van der Waals surface area (Å²) in [6.07, 6.45) is 5.38. The van der Waals surface area contributed by atoms with Crippen molar-refractivity contribution in [3.63, 3.8) is 0 Å². The molecule has 1 N–H and O–H groups in total. The van der Waals surface area contributed by atoms with Crippen LogP contribution in [0.3, 0.4) is 0 Å². The fraction of sp³-hybridized carbons (Fsp3) is 0.292. The number of hydrogen-bond acceptors (Lipinski definition) is 3. The fourth-order valence-corrected chi connectivity index (χ4v) is 4.33. The summed E-state index contributed by atoms with van der Waals surface area (Å²) in [7, 11) is 0. The molecule has 148 valence electrons. The molecule has 2 aliphatic rings. The zero-order valence-electron chi connectivity index (χ0n) is 16.6. The van der Waals surface area contributed by atoms with Gasteiger partial charge in [-0.1, -0.05) is 50.3 Å². The van der Waals surface area contributed by atoms with Crippen molar-refractivity contribution < 1.29 is 14.4 Å². The number of aryl methyl sites for hydroxylation is 1. The van der Waals surface area contributed by atoms with Crippen molar-refractivity contribution in [2.45, 2.75) is 26.7 Å². The summed E-state index contributed by atoms with van der Waals surface area (Å²) in [5.74, 6) is -1.21. The van der Waals surface area contributed by atoms with E-state index < -0.39 is 0 Å². The predicted molar refractivity (Wildman–Crippen MR) is 113 cm³/mol. The third kappa shape index (κ3) is 3.37. The van der Waals surface area contributed by atoms with Crippen LogP contribution in [0.2, 0.25) is 0 Å². The van der Waals surface area contributed by atoms with Gasteiger partial charge >= 0.3 is 0 Å². The van der Waals surface area contributed by atoms with Crippen molar-refractivity contribution in [1.82, 2.24) is 0 Å². The van der Waals surface area contributed by atoms with Gasteiger partial charge in [0.05, 0.1) is 17.5 Å². The van der Waals surface area contributed by atoms with Gasteiger partial charge in [-0.15, -0.1) is 0 Å². The number of amides is 3. The monoisotopic (exact) mass is 388 g/mol. The number of fused-ring (bicyclic) bond motifs is 1. The van der Waals surface area contributed by atoms with E-state index in [0.717, 1.165) is 17.7 Å². The highest BCUT2D eigenvalue weighted by atomic mass is 16.2. The molecule has 0 saturated carbocycles. The van der Waals surface area contributed by atoms with Crippen molar-refractivity contribution in [1.29, 1.82) is 0 Å². The van der Waals surface area contributed by atoms with Gasteiger partial charge < -0.3 is 5.32 Å². The Hall–Kier alpha value is -3.21. The number of rotatable bonds is 4. The van der Waals surface area contributed by atoms with E-state index in [2.05, 4.69) is 5.32 Å². The first kappa shape index (κ1) is 19.1. The Morgan fingerprint density at radius 3 is 2.66 bits per heavy atom. The Balaban J connectivity index is 1.60. The maximum absolute atomic E-state index is 13.0. The minimum atomic E-state index is -0.318. The minimum absolute atomic E-state index is 0.0345. The zero-order chi connectivity index (χ0) is 20.5. The van der Waals surface area contributed by atoms with Crippen molar-refractivity contribution in [2.75, 3.05) is 10.2 Å². The maximum atomic E-state index is 13.0. The van der Waals surface area contributed by atoms with Crippen LogP contribution in [0, 0.1) is 17.8 Å². The van der Waals surface area contributed by atoms with E-state index in [0.29, 0.717) is 17.7 Å². The average molecular weight is 388 g/mol. The van der Waals surface area contributed by atoms with Crippen LogP contribution in [0.15, 0.2) is 60.7 Å². The number of allylic oxidation sites excluding steroid dienone is 2. The smallest absolute Gasteiger partial charge is 0.255 e. The lowest BCUT2D eigenvalue weighted by molar-refractivity contribution is -0.122. The Morgan fingerprint density at radius 2 is 1.90 bits per heavy atom. The number of carbonyl (C=O) groups is 3. The first-order valence-electron chi connectivity index (χ1n) is 10.0. The first-order chi connectivity index (χ1) is 14.0. The lowest BCUT2D eigenvalue weighted by Gasteiger charge is -2.22. The van der Waals surface area contributed by atoms with Gasteiger partial charge in [0.15, 0.2) is 0 Å². The standard InChI is InChI=1S/C24H24N2O3/c1-3-16-9-4-5-13-20(16)25-22(27)17-10-7-11-18(14-17)26-23(28)19-12-6-8-15(2)21(19)24(26)29/h4-11,13-15,19,21H,3,12H2,1-2H3,(H,25,27)/t15-,19-,21+/m1/s1. The van der Waals surface area contributed by atoms with Crippen molar-refractivity contribution >= 4 is 29.1 Å². The number of benzene rings is 2. The summed E-state index contributed by atoms with van der Waals surface area (Å²) in [5.41, 5.74) is 2.69. The number of nitrogens with zero attached hydrogens (tertiary/aromatic N) is 1. The van der Waals surface area contributed by atoms with Gasteiger partial charge in [0.1, 0.15) is 0 Å².